The number of hydrogen-bond donors (Lipinski definition) is 1. The SMILES string of the molecule is Cc1cncc(-c2cc(F)ccc2O)c1. The molecule has 3 heteroatoms. The van der Waals surface area contributed by atoms with E-state index in [2.05, 4.69) is 4.98 Å². The molecule has 0 atom stereocenters. The summed E-state index contributed by atoms with van der Waals surface area (Å²) in [5, 5.41) is 9.58. The summed E-state index contributed by atoms with van der Waals surface area (Å²) in [6.45, 7) is 1.90. The highest BCUT2D eigenvalue weighted by Gasteiger charge is 2.05. The van der Waals surface area contributed by atoms with E-state index in [9.17, 15) is 9.50 Å². The van der Waals surface area contributed by atoms with Gasteiger partial charge in [-0.25, -0.2) is 4.39 Å². The zero-order valence-corrected chi connectivity index (χ0v) is 8.24. The molecule has 2 aromatic rings. The van der Waals surface area contributed by atoms with Crippen LogP contribution in [-0.2, 0) is 0 Å². The molecule has 0 radical (unpaired) electrons. The molecule has 0 bridgehead atoms. The Balaban J connectivity index is 2.58. The maximum absolute atomic E-state index is 13.0. The van der Waals surface area contributed by atoms with E-state index in [1.165, 1.54) is 18.2 Å². The van der Waals surface area contributed by atoms with Crippen molar-refractivity contribution in [2.45, 2.75) is 6.92 Å². The number of aromatic nitrogens is 1. The van der Waals surface area contributed by atoms with Crippen molar-refractivity contribution in [2.75, 3.05) is 0 Å². The van der Waals surface area contributed by atoms with Crippen molar-refractivity contribution in [3.05, 3.63) is 48.0 Å². The predicted octanol–water partition coefficient (Wildman–Crippen LogP) is 2.90. The van der Waals surface area contributed by atoms with Crippen LogP contribution in [0.4, 0.5) is 4.39 Å². The van der Waals surface area contributed by atoms with Gasteiger partial charge in [0.25, 0.3) is 0 Å². The molecule has 1 aromatic heterocycles. The molecule has 1 N–H and O–H groups in total. The Bertz CT molecular complexity index is 497. The van der Waals surface area contributed by atoms with Gasteiger partial charge in [-0.15, -0.1) is 0 Å². The molecular formula is C12H10FNO. The summed E-state index contributed by atoms with van der Waals surface area (Å²) in [6, 6.07) is 5.71. The smallest absolute Gasteiger partial charge is 0.124 e. The van der Waals surface area contributed by atoms with Gasteiger partial charge in [-0.2, -0.15) is 0 Å². The Morgan fingerprint density at radius 2 is 2.00 bits per heavy atom. The Hall–Kier alpha value is -1.90. The van der Waals surface area contributed by atoms with Crippen LogP contribution in [0.2, 0.25) is 0 Å². The monoisotopic (exact) mass is 203 g/mol. The first-order valence-electron chi connectivity index (χ1n) is 4.57. The quantitative estimate of drug-likeness (QED) is 0.773. The zero-order valence-electron chi connectivity index (χ0n) is 8.24. The fourth-order valence-electron chi connectivity index (χ4n) is 1.44. The van der Waals surface area contributed by atoms with Gasteiger partial charge < -0.3 is 5.11 Å². The lowest BCUT2D eigenvalue weighted by Crippen LogP contribution is -1.84. The molecule has 0 unspecified atom stereocenters. The standard InChI is InChI=1S/C12H10FNO/c1-8-4-9(7-14-6-8)11-5-10(13)2-3-12(11)15/h2-7,15H,1H3. The molecule has 0 saturated heterocycles. The van der Waals surface area contributed by atoms with E-state index >= 15 is 0 Å². The van der Waals surface area contributed by atoms with Gasteiger partial charge >= 0.3 is 0 Å². The minimum atomic E-state index is -0.371. The molecule has 0 fully saturated rings. The molecule has 1 aromatic carbocycles. The van der Waals surface area contributed by atoms with Crippen LogP contribution in [0, 0.1) is 12.7 Å². The highest BCUT2D eigenvalue weighted by Crippen LogP contribution is 2.29. The number of aromatic hydroxyl groups is 1. The van der Waals surface area contributed by atoms with Gasteiger partial charge in [0.1, 0.15) is 11.6 Å². The highest BCUT2D eigenvalue weighted by molar-refractivity contribution is 5.69. The molecule has 76 valence electrons. The van der Waals surface area contributed by atoms with Gasteiger partial charge in [0.15, 0.2) is 0 Å². The van der Waals surface area contributed by atoms with E-state index in [1.807, 2.05) is 13.0 Å². The number of benzene rings is 1. The molecule has 15 heavy (non-hydrogen) atoms. The lowest BCUT2D eigenvalue weighted by atomic mass is 10.1. The van der Waals surface area contributed by atoms with Crippen molar-refractivity contribution in [1.82, 2.24) is 4.98 Å². The largest absolute Gasteiger partial charge is 0.507 e. The second kappa shape index (κ2) is 3.69. The molecule has 0 amide bonds. The normalized spacial score (nSPS) is 10.3. The van der Waals surface area contributed by atoms with Crippen molar-refractivity contribution < 1.29 is 9.50 Å². The first kappa shape index (κ1) is 9.65. The number of pyridine rings is 1. The number of phenols is 1. The molecular weight excluding hydrogens is 193 g/mol. The Morgan fingerprint density at radius 3 is 2.73 bits per heavy atom. The zero-order chi connectivity index (χ0) is 10.8. The Labute approximate surface area is 87.0 Å². The maximum Gasteiger partial charge on any atom is 0.124 e. The molecule has 0 spiro atoms. The van der Waals surface area contributed by atoms with Crippen LogP contribution >= 0.6 is 0 Å². The summed E-state index contributed by atoms with van der Waals surface area (Å²) >= 11 is 0. The molecule has 0 aliphatic heterocycles. The number of rotatable bonds is 1. The second-order valence-electron chi connectivity index (χ2n) is 3.41. The summed E-state index contributed by atoms with van der Waals surface area (Å²) in [7, 11) is 0. The lowest BCUT2D eigenvalue weighted by molar-refractivity contribution is 0.475. The number of phenolic OH excluding ortho intramolecular Hbond substituents is 1. The molecule has 0 saturated carbocycles. The molecule has 1 heterocycles. The first-order chi connectivity index (χ1) is 7.16. The molecule has 2 rings (SSSR count). The Kier molecular flexibility index (Phi) is 2.37. The fraction of sp³-hybridized carbons (Fsp3) is 0.0833. The lowest BCUT2D eigenvalue weighted by Gasteiger charge is -2.04. The van der Waals surface area contributed by atoms with Crippen molar-refractivity contribution >= 4 is 0 Å². The van der Waals surface area contributed by atoms with Gasteiger partial charge in [-0.05, 0) is 36.8 Å². The predicted molar refractivity (Wildman–Crippen MR) is 56.0 cm³/mol. The summed E-state index contributed by atoms with van der Waals surface area (Å²) in [6.07, 6.45) is 3.31. The summed E-state index contributed by atoms with van der Waals surface area (Å²) in [5.74, 6) is -0.312. The van der Waals surface area contributed by atoms with E-state index < -0.39 is 0 Å². The van der Waals surface area contributed by atoms with Gasteiger partial charge in [0, 0.05) is 23.5 Å². The second-order valence-corrected chi connectivity index (χ2v) is 3.41. The van der Waals surface area contributed by atoms with E-state index in [0.717, 1.165) is 5.56 Å². The molecule has 0 aliphatic rings. The van der Waals surface area contributed by atoms with Crippen LogP contribution in [0.25, 0.3) is 11.1 Å². The Morgan fingerprint density at radius 1 is 1.20 bits per heavy atom. The summed E-state index contributed by atoms with van der Waals surface area (Å²) in [4.78, 5) is 4.00. The van der Waals surface area contributed by atoms with E-state index in [1.54, 1.807) is 12.4 Å². The van der Waals surface area contributed by atoms with Crippen LogP contribution in [0.15, 0.2) is 36.7 Å². The molecule has 0 aliphatic carbocycles. The number of nitrogens with zero attached hydrogens (tertiary/aromatic N) is 1. The van der Waals surface area contributed by atoms with Gasteiger partial charge in [0.05, 0.1) is 0 Å². The van der Waals surface area contributed by atoms with Crippen molar-refractivity contribution in [2.24, 2.45) is 0 Å². The summed E-state index contributed by atoms with van der Waals surface area (Å²) < 4.78 is 13.0. The highest BCUT2D eigenvalue weighted by atomic mass is 19.1. The summed E-state index contributed by atoms with van der Waals surface area (Å²) in [5.41, 5.74) is 2.15. The fourth-order valence-corrected chi connectivity index (χ4v) is 1.44. The topological polar surface area (TPSA) is 33.1 Å². The van der Waals surface area contributed by atoms with Gasteiger partial charge in [0.2, 0.25) is 0 Å². The van der Waals surface area contributed by atoms with E-state index in [0.29, 0.717) is 11.1 Å². The minimum Gasteiger partial charge on any atom is -0.507 e. The van der Waals surface area contributed by atoms with Crippen molar-refractivity contribution in [1.29, 1.82) is 0 Å². The minimum absolute atomic E-state index is 0.0591. The number of aryl methyl sites for hydroxylation is 1. The average Bonchev–Trinajstić information content (AvgIpc) is 2.22. The third-order valence-corrected chi connectivity index (χ3v) is 2.14. The van der Waals surface area contributed by atoms with Crippen molar-refractivity contribution in [3.8, 4) is 16.9 Å². The van der Waals surface area contributed by atoms with Crippen LogP contribution in [-0.4, -0.2) is 10.1 Å². The van der Waals surface area contributed by atoms with Crippen LogP contribution in [0.1, 0.15) is 5.56 Å². The first-order valence-corrected chi connectivity index (χ1v) is 4.57. The number of hydrogen-bond acceptors (Lipinski definition) is 2. The van der Waals surface area contributed by atoms with Crippen LogP contribution in [0.3, 0.4) is 0 Å². The van der Waals surface area contributed by atoms with Gasteiger partial charge in [-0.1, -0.05) is 0 Å². The van der Waals surface area contributed by atoms with E-state index in [-0.39, 0.29) is 11.6 Å². The third kappa shape index (κ3) is 1.96. The van der Waals surface area contributed by atoms with E-state index in [4.69, 9.17) is 0 Å². The van der Waals surface area contributed by atoms with Crippen molar-refractivity contribution in [3.63, 3.8) is 0 Å². The average molecular weight is 203 g/mol. The molecule has 2 nitrogen and oxygen atoms in total. The van der Waals surface area contributed by atoms with Gasteiger partial charge in [-0.3, -0.25) is 4.98 Å². The maximum atomic E-state index is 13.0. The van der Waals surface area contributed by atoms with Crippen LogP contribution in [0.5, 0.6) is 5.75 Å². The van der Waals surface area contributed by atoms with Crippen LogP contribution < -0.4 is 0 Å². The third-order valence-electron chi connectivity index (χ3n) is 2.14. The number of halogens is 1.